The predicted octanol–water partition coefficient (Wildman–Crippen LogP) is 2.50. The Kier molecular flexibility index (Phi) is 4.36. The van der Waals surface area contributed by atoms with Crippen LogP contribution < -0.4 is 0 Å². The van der Waals surface area contributed by atoms with E-state index in [1.54, 1.807) is 24.3 Å². The van der Waals surface area contributed by atoms with Gasteiger partial charge in [-0.3, -0.25) is 4.18 Å². The van der Waals surface area contributed by atoms with Crippen LogP contribution in [-0.4, -0.2) is 20.1 Å². The van der Waals surface area contributed by atoms with Crippen LogP contribution in [0.15, 0.2) is 46.7 Å². The van der Waals surface area contributed by atoms with Gasteiger partial charge in [-0.05, 0) is 30.5 Å². The largest absolute Gasteiger partial charge is 0.385 e. The highest BCUT2D eigenvalue weighted by atomic mass is 32.2. The van der Waals surface area contributed by atoms with Gasteiger partial charge >= 0.3 is 0 Å². The first-order chi connectivity index (χ1) is 8.99. The Balaban J connectivity index is 2.04. The van der Waals surface area contributed by atoms with Gasteiger partial charge in [0, 0.05) is 4.88 Å². The first-order valence-electron chi connectivity index (χ1n) is 5.66. The minimum Gasteiger partial charge on any atom is -0.385 e. The summed E-state index contributed by atoms with van der Waals surface area (Å²) in [5.41, 5.74) is 0.970. The summed E-state index contributed by atoms with van der Waals surface area (Å²) in [5.74, 6) is 0. The summed E-state index contributed by atoms with van der Waals surface area (Å²) in [6, 6.07) is 9.90. The Morgan fingerprint density at radius 3 is 2.53 bits per heavy atom. The van der Waals surface area contributed by atoms with Crippen molar-refractivity contribution < 1.29 is 17.7 Å². The molecule has 1 heterocycles. The molecule has 0 aliphatic rings. The van der Waals surface area contributed by atoms with Gasteiger partial charge in [0.25, 0.3) is 10.1 Å². The Bertz CT molecular complexity index is 615. The highest BCUT2D eigenvalue weighted by molar-refractivity contribution is 7.86. The fraction of sp³-hybridized carbons (Fsp3) is 0.231. The van der Waals surface area contributed by atoms with Gasteiger partial charge in [0.2, 0.25) is 0 Å². The third-order valence-electron chi connectivity index (χ3n) is 2.56. The van der Waals surface area contributed by atoms with E-state index in [4.69, 9.17) is 4.18 Å². The Hall–Kier alpha value is -1.21. The number of aryl methyl sites for hydroxylation is 1. The molecule has 0 aliphatic carbocycles. The maximum Gasteiger partial charge on any atom is 0.297 e. The fourth-order valence-electron chi connectivity index (χ4n) is 1.49. The third-order valence-corrected chi connectivity index (χ3v) is 4.83. The average Bonchev–Trinajstić information content (AvgIpc) is 2.90. The molecular formula is C13H14O4S2. The quantitative estimate of drug-likeness (QED) is 0.861. The van der Waals surface area contributed by atoms with E-state index in [2.05, 4.69) is 0 Å². The fourth-order valence-corrected chi connectivity index (χ4v) is 3.10. The van der Waals surface area contributed by atoms with Crippen molar-refractivity contribution in [2.24, 2.45) is 0 Å². The second kappa shape index (κ2) is 5.83. The molecule has 6 heteroatoms. The zero-order valence-corrected chi connectivity index (χ0v) is 11.9. The smallest absolute Gasteiger partial charge is 0.297 e. The number of hydrogen-bond donors (Lipinski definition) is 1. The number of benzene rings is 1. The number of thiophene rings is 1. The monoisotopic (exact) mass is 298 g/mol. The number of aliphatic hydroxyl groups is 1. The van der Waals surface area contributed by atoms with Crippen LogP contribution in [-0.2, 0) is 14.3 Å². The second-order valence-electron chi connectivity index (χ2n) is 4.08. The number of aliphatic hydroxyl groups excluding tert-OH is 1. The van der Waals surface area contributed by atoms with Gasteiger partial charge in [-0.15, -0.1) is 11.3 Å². The lowest BCUT2D eigenvalue weighted by Crippen LogP contribution is -2.12. The summed E-state index contributed by atoms with van der Waals surface area (Å²) in [5, 5.41) is 11.6. The summed E-state index contributed by atoms with van der Waals surface area (Å²) < 4.78 is 28.6. The van der Waals surface area contributed by atoms with E-state index >= 15 is 0 Å². The van der Waals surface area contributed by atoms with Crippen molar-refractivity contribution in [3.63, 3.8) is 0 Å². The number of hydrogen-bond acceptors (Lipinski definition) is 5. The average molecular weight is 298 g/mol. The normalized spacial score (nSPS) is 13.4. The van der Waals surface area contributed by atoms with Gasteiger partial charge in [0.05, 0.1) is 11.5 Å². The zero-order chi connectivity index (χ0) is 13.9. The molecule has 1 atom stereocenters. The van der Waals surface area contributed by atoms with Gasteiger partial charge in [-0.25, -0.2) is 0 Å². The molecule has 19 heavy (non-hydrogen) atoms. The molecule has 0 aliphatic heterocycles. The van der Waals surface area contributed by atoms with Crippen LogP contribution in [0, 0.1) is 6.92 Å². The molecule has 0 bridgehead atoms. The Morgan fingerprint density at radius 2 is 1.95 bits per heavy atom. The van der Waals surface area contributed by atoms with Crippen molar-refractivity contribution in [2.45, 2.75) is 17.9 Å². The molecule has 0 saturated carbocycles. The molecule has 1 N–H and O–H groups in total. The summed E-state index contributed by atoms with van der Waals surface area (Å²) in [6.07, 6.45) is -0.930. The maximum absolute atomic E-state index is 11.9. The molecule has 1 aromatic heterocycles. The predicted molar refractivity (Wildman–Crippen MR) is 73.6 cm³/mol. The Morgan fingerprint density at radius 1 is 1.26 bits per heavy atom. The first kappa shape index (κ1) is 14.2. The van der Waals surface area contributed by atoms with Crippen molar-refractivity contribution in [1.82, 2.24) is 0 Å². The SMILES string of the molecule is Cc1ccc(S(=O)(=O)OC[C@@H](O)c2cccs2)cc1. The van der Waals surface area contributed by atoms with Crippen LogP contribution in [0.3, 0.4) is 0 Å². The molecule has 0 spiro atoms. The van der Waals surface area contributed by atoms with Crippen molar-refractivity contribution in [3.8, 4) is 0 Å². The van der Waals surface area contributed by atoms with Gasteiger partial charge in [-0.2, -0.15) is 8.42 Å². The van der Waals surface area contributed by atoms with E-state index in [0.29, 0.717) is 4.88 Å². The minimum atomic E-state index is -3.82. The van der Waals surface area contributed by atoms with Crippen LogP contribution in [0.2, 0.25) is 0 Å². The van der Waals surface area contributed by atoms with Crippen molar-refractivity contribution in [2.75, 3.05) is 6.61 Å². The summed E-state index contributed by atoms with van der Waals surface area (Å²) in [4.78, 5) is 0.774. The lowest BCUT2D eigenvalue weighted by Gasteiger charge is -2.10. The molecule has 0 unspecified atom stereocenters. The molecule has 0 fully saturated rings. The van der Waals surface area contributed by atoms with E-state index in [1.807, 2.05) is 12.3 Å². The van der Waals surface area contributed by atoms with Crippen LogP contribution >= 0.6 is 11.3 Å². The van der Waals surface area contributed by atoms with Crippen LogP contribution in [0.1, 0.15) is 16.5 Å². The molecule has 2 aromatic rings. The molecular weight excluding hydrogens is 284 g/mol. The molecule has 2 rings (SSSR count). The van der Waals surface area contributed by atoms with Gasteiger partial charge in [0.15, 0.2) is 0 Å². The molecule has 0 saturated heterocycles. The van der Waals surface area contributed by atoms with Crippen molar-refractivity contribution >= 4 is 21.5 Å². The summed E-state index contributed by atoms with van der Waals surface area (Å²) >= 11 is 1.35. The summed E-state index contributed by atoms with van der Waals surface area (Å²) in [7, 11) is -3.82. The van der Waals surface area contributed by atoms with Gasteiger partial charge in [-0.1, -0.05) is 23.8 Å². The van der Waals surface area contributed by atoms with Crippen LogP contribution in [0.4, 0.5) is 0 Å². The molecule has 0 amide bonds. The zero-order valence-electron chi connectivity index (χ0n) is 10.3. The van der Waals surface area contributed by atoms with E-state index in [9.17, 15) is 13.5 Å². The van der Waals surface area contributed by atoms with E-state index in [-0.39, 0.29) is 11.5 Å². The van der Waals surface area contributed by atoms with Crippen molar-refractivity contribution in [1.29, 1.82) is 0 Å². The van der Waals surface area contributed by atoms with Crippen LogP contribution in [0.5, 0.6) is 0 Å². The molecule has 1 aromatic carbocycles. The topological polar surface area (TPSA) is 63.6 Å². The second-order valence-corrected chi connectivity index (χ2v) is 6.68. The van der Waals surface area contributed by atoms with Gasteiger partial charge in [0.1, 0.15) is 6.10 Å². The molecule has 4 nitrogen and oxygen atoms in total. The van der Waals surface area contributed by atoms with E-state index in [1.165, 1.54) is 23.5 Å². The summed E-state index contributed by atoms with van der Waals surface area (Å²) in [6.45, 7) is 1.59. The molecule has 102 valence electrons. The highest BCUT2D eigenvalue weighted by Crippen LogP contribution is 2.21. The highest BCUT2D eigenvalue weighted by Gasteiger charge is 2.18. The third kappa shape index (κ3) is 3.63. The lowest BCUT2D eigenvalue weighted by atomic mass is 10.2. The van der Waals surface area contributed by atoms with E-state index < -0.39 is 16.2 Å². The Labute approximate surface area is 116 Å². The van der Waals surface area contributed by atoms with Crippen LogP contribution in [0.25, 0.3) is 0 Å². The lowest BCUT2D eigenvalue weighted by molar-refractivity contribution is 0.114. The maximum atomic E-state index is 11.9. The standard InChI is InChI=1S/C13H14O4S2/c1-10-4-6-11(7-5-10)19(15,16)17-9-12(14)13-3-2-8-18-13/h2-8,12,14H,9H2,1H3/t12-/m1/s1. The first-order valence-corrected chi connectivity index (χ1v) is 7.95. The van der Waals surface area contributed by atoms with Gasteiger partial charge < -0.3 is 5.11 Å². The van der Waals surface area contributed by atoms with Crippen molar-refractivity contribution in [3.05, 3.63) is 52.2 Å². The minimum absolute atomic E-state index is 0.0940. The number of rotatable bonds is 5. The molecule has 0 radical (unpaired) electrons. The van der Waals surface area contributed by atoms with E-state index in [0.717, 1.165) is 5.56 Å².